The van der Waals surface area contributed by atoms with E-state index in [0.717, 1.165) is 31.6 Å². The monoisotopic (exact) mass is 371 g/mol. The molecule has 0 bridgehead atoms. The van der Waals surface area contributed by atoms with Crippen LogP contribution in [0.1, 0.15) is 27.0 Å². The average molecular weight is 371 g/mol. The SMILES string of the molecule is CC(=O)OC1COC(n2ncc(=O)[nH]c2=O)C(OC(C)=O)C1OC(C)=O. The molecule has 0 saturated carbocycles. The zero-order valence-corrected chi connectivity index (χ0v) is 14.2. The highest BCUT2D eigenvalue weighted by Gasteiger charge is 2.48. The summed E-state index contributed by atoms with van der Waals surface area (Å²) in [7, 11) is 0. The Labute approximate surface area is 146 Å². The van der Waals surface area contributed by atoms with Crippen molar-refractivity contribution in [2.45, 2.75) is 45.3 Å². The number of carbonyl (C=O) groups is 3. The molecule has 2 rings (SSSR count). The highest BCUT2D eigenvalue weighted by Crippen LogP contribution is 2.29. The van der Waals surface area contributed by atoms with Crippen molar-refractivity contribution in [1.82, 2.24) is 14.8 Å². The quantitative estimate of drug-likeness (QED) is 0.476. The van der Waals surface area contributed by atoms with Crippen LogP contribution in [-0.2, 0) is 33.3 Å². The van der Waals surface area contributed by atoms with Gasteiger partial charge in [0.25, 0.3) is 5.56 Å². The maximum absolute atomic E-state index is 12.0. The van der Waals surface area contributed by atoms with Crippen molar-refractivity contribution < 1.29 is 33.3 Å². The molecule has 12 nitrogen and oxygen atoms in total. The highest BCUT2D eigenvalue weighted by molar-refractivity contribution is 5.68. The zero-order chi connectivity index (χ0) is 19.4. The van der Waals surface area contributed by atoms with Crippen molar-refractivity contribution in [3.8, 4) is 0 Å². The Bertz CT molecular complexity index is 814. The molecule has 1 aromatic rings. The van der Waals surface area contributed by atoms with E-state index in [1.807, 2.05) is 4.98 Å². The molecule has 0 amide bonds. The van der Waals surface area contributed by atoms with E-state index in [-0.39, 0.29) is 6.61 Å². The van der Waals surface area contributed by atoms with Gasteiger partial charge in [-0.2, -0.15) is 9.78 Å². The van der Waals surface area contributed by atoms with Gasteiger partial charge in [-0.3, -0.25) is 24.2 Å². The third kappa shape index (κ3) is 4.53. The molecule has 1 aliphatic rings. The number of carbonyl (C=O) groups excluding carboxylic acids is 3. The van der Waals surface area contributed by atoms with Crippen molar-refractivity contribution in [1.29, 1.82) is 0 Å². The molecule has 1 aliphatic heterocycles. The first-order chi connectivity index (χ1) is 12.2. The lowest BCUT2D eigenvalue weighted by atomic mass is 10.0. The molecule has 2 heterocycles. The van der Waals surface area contributed by atoms with Crippen LogP contribution >= 0.6 is 0 Å². The van der Waals surface area contributed by atoms with Crippen molar-refractivity contribution in [3.05, 3.63) is 27.0 Å². The summed E-state index contributed by atoms with van der Waals surface area (Å²) in [5.41, 5.74) is -1.66. The van der Waals surface area contributed by atoms with Crippen molar-refractivity contribution >= 4 is 17.9 Å². The molecule has 1 saturated heterocycles. The number of nitrogens with one attached hydrogen (secondary N) is 1. The van der Waals surface area contributed by atoms with E-state index in [0.29, 0.717) is 0 Å². The lowest BCUT2D eigenvalue weighted by Crippen LogP contribution is -2.57. The second kappa shape index (κ2) is 7.91. The molecule has 1 N–H and O–H groups in total. The predicted octanol–water partition coefficient (Wildman–Crippen LogP) is -1.74. The molecular formula is C14H17N3O9. The van der Waals surface area contributed by atoms with Crippen LogP contribution in [0.15, 0.2) is 15.8 Å². The van der Waals surface area contributed by atoms with Gasteiger partial charge in [-0.15, -0.1) is 0 Å². The Morgan fingerprint density at radius 2 is 1.65 bits per heavy atom. The van der Waals surface area contributed by atoms with Crippen molar-refractivity contribution in [2.75, 3.05) is 6.61 Å². The first-order valence-electron chi connectivity index (χ1n) is 7.50. The summed E-state index contributed by atoms with van der Waals surface area (Å²) in [4.78, 5) is 59.4. The van der Waals surface area contributed by atoms with Crippen LogP contribution in [0, 0.1) is 0 Å². The number of hydrogen-bond donors (Lipinski definition) is 1. The average Bonchev–Trinajstić information content (AvgIpc) is 2.50. The Kier molecular flexibility index (Phi) is 5.87. The smallest absolute Gasteiger partial charge is 0.347 e. The number of aromatic nitrogens is 3. The van der Waals surface area contributed by atoms with E-state index < -0.39 is 53.7 Å². The highest BCUT2D eigenvalue weighted by atomic mass is 16.6. The third-order valence-electron chi connectivity index (χ3n) is 3.30. The van der Waals surface area contributed by atoms with Gasteiger partial charge in [-0.1, -0.05) is 0 Å². The van der Waals surface area contributed by atoms with Crippen LogP contribution < -0.4 is 11.2 Å². The topological polar surface area (TPSA) is 156 Å². The summed E-state index contributed by atoms with van der Waals surface area (Å²) in [6.07, 6.45) is -4.17. The predicted molar refractivity (Wildman–Crippen MR) is 80.8 cm³/mol. The van der Waals surface area contributed by atoms with Crippen LogP contribution in [0.5, 0.6) is 0 Å². The van der Waals surface area contributed by atoms with Gasteiger partial charge in [0.05, 0.1) is 6.61 Å². The number of esters is 3. The summed E-state index contributed by atoms with van der Waals surface area (Å²) in [6, 6.07) is 0. The minimum Gasteiger partial charge on any atom is -0.456 e. The summed E-state index contributed by atoms with van der Waals surface area (Å²) in [5.74, 6) is -2.16. The molecule has 0 aromatic carbocycles. The Balaban J connectivity index is 2.46. The van der Waals surface area contributed by atoms with Gasteiger partial charge in [0.1, 0.15) is 6.20 Å². The number of aromatic amines is 1. The maximum Gasteiger partial charge on any atom is 0.347 e. The summed E-state index contributed by atoms with van der Waals surface area (Å²) in [5, 5.41) is 3.65. The number of rotatable bonds is 4. The van der Waals surface area contributed by atoms with E-state index in [4.69, 9.17) is 18.9 Å². The van der Waals surface area contributed by atoms with Gasteiger partial charge in [0, 0.05) is 20.8 Å². The Morgan fingerprint density at radius 1 is 1.08 bits per heavy atom. The van der Waals surface area contributed by atoms with Gasteiger partial charge >= 0.3 is 23.6 Å². The van der Waals surface area contributed by atoms with Crippen molar-refractivity contribution in [2.24, 2.45) is 0 Å². The molecule has 4 atom stereocenters. The van der Waals surface area contributed by atoms with Crippen LogP contribution in [0.3, 0.4) is 0 Å². The number of nitrogens with zero attached hydrogens (tertiary/aromatic N) is 2. The summed E-state index contributed by atoms with van der Waals surface area (Å²) >= 11 is 0. The van der Waals surface area contributed by atoms with Gasteiger partial charge in [-0.25, -0.2) is 4.79 Å². The molecule has 26 heavy (non-hydrogen) atoms. The van der Waals surface area contributed by atoms with Gasteiger partial charge < -0.3 is 18.9 Å². The van der Waals surface area contributed by atoms with Gasteiger partial charge in [0.15, 0.2) is 24.5 Å². The molecule has 12 heteroatoms. The largest absolute Gasteiger partial charge is 0.456 e. The molecule has 1 fully saturated rings. The Hall–Kier alpha value is -3.02. The molecule has 1 aromatic heterocycles. The van der Waals surface area contributed by atoms with E-state index in [9.17, 15) is 24.0 Å². The number of hydrogen-bond acceptors (Lipinski definition) is 10. The second-order valence-corrected chi connectivity index (χ2v) is 5.40. The molecular weight excluding hydrogens is 354 g/mol. The lowest BCUT2D eigenvalue weighted by molar-refractivity contribution is -0.242. The normalized spacial score (nSPS) is 25.2. The van der Waals surface area contributed by atoms with E-state index in [1.165, 1.54) is 0 Å². The van der Waals surface area contributed by atoms with Gasteiger partial charge in [-0.05, 0) is 0 Å². The van der Waals surface area contributed by atoms with Crippen LogP contribution in [0.2, 0.25) is 0 Å². The van der Waals surface area contributed by atoms with E-state index >= 15 is 0 Å². The van der Waals surface area contributed by atoms with E-state index in [2.05, 4.69) is 5.10 Å². The molecule has 0 spiro atoms. The number of ether oxygens (including phenoxy) is 4. The molecule has 0 radical (unpaired) electrons. The maximum atomic E-state index is 12.0. The second-order valence-electron chi connectivity index (χ2n) is 5.40. The van der Waals surface area contributed by atoms with Crippen LogP contribution in [-0.4, -0.2) is 57.6 Å². The standard InChI is InChI=1S/C14H17N3O9/c1-6(18)24-9-5-23-13(17-14(22)16-10(21)4-15-17)12(26-8(3)20)11(9)25-7(2)19/h4,9,11-13H,5H2,1-3H3,(H,16,21,22). The van der Waals surface area contributed by atoms with Crippen LogP contribution in [0.25, 0.3) is 0 Å². The first-order valence-corrected chi connectivity index (χ1v) is 7.50. The molecule has 4 unspecified atom stereocenters. The fourth-order valence-electron chi connectivity index (χ4n) is 2.48. The van der Waals surface area contributed by atoms with Crippen molar-refractivity contribution in [3.63, 3.8) is 0 Å². The minimum absolute atomic E-state index is 0.271. The fourth-order valence-corrected chi connectivity index (χ4v) is 2.48. The van der Waals surface area contributed by atoms with E-state index in [1.54, 1.807) is 0 Å². The Morgan fingerprint density at radius 3 is 2.19 bits per heavy atom. The number of H-pyrrole nitrogens is 1. The molecule has 142 valence electrons. The van der Waals surface area contributed by atoms with Crippen LogP contribution in [0.4, 0.5) is 0 Å². The summed E-state index contributed by atoms with van der Waals surface area (Å²) < 4.78 is 21.5. The summed E-state index contributed by atoms with van der Waals surface area (Å²) in [6.45, 7) is 3.09. The third-order valence-corrected chi connectivity index (χ3v) is 3.30. The lowest BCUT2D eigenvalue weighted by Gasteiger charge is -2.40. The van der Waals surface area contributed by atoms with Gasteiger partial charge in [0.2, 0.25) is 0 Å². The first kappa shape index (κ1) is 19.3. The minimum atomic E-state index is -1.36. The molecule has 0 aliphatic carbocycles. The zero-order valence-electron chi connectivity index (χ0n) is 14.2. The fraction of sp³-hybridized carbons (Fsp3) is 0.571.